The Labute approximate surface area is 240 Å². The highest BCUT2D eigenvalue weighted by atomic mass is 32.1. The molecule has 1 aliphatic rings. The minimum Gasteiger partial charge on any atom is -0.309 e. The van der Waals surface area contributed by atoms with Crippen LogP contribution in [0.4, 0.5) is 0 Å². The molecule has 3 heterocycles. The van der Waals surface area contributed by atoms with E-state index in [2.05, 4.69) is 115 Å². The first kappa shape index (κ1) is 23.6. The van der Waals surface area contributed by atoms with Gasteiger partial charge in [-0.05, 0) is 81.7 Å². The van der Waals surface area contributed by atoms with Gasteiger partial charge in [0.2, 0.25) is 0 Å². The quantitative estimate of drug-likeness (QED) is 0.199. The van der Waals surface area contributed by atoms with Crippen LogP contribution in [0, 0.1) is 0 Å². The predicted octanol–water partition coefficient (Wildman–Crippen LogP) is 10.4. The minimum absolute atomic E-state index is 0.0447. The fourth-order valence-corrected chi connectivity index (χ4v) is 8.31. The maximum absolute atomic E-state index is 11.5. The lowest BCUT2D eigenvalue weighted by atomic mass is 9.82. The monoisotopic (exact) mass is 551 g/mol. The number of carbonyl (C=O) groups is 1. The van der Waals surface area contributed by atoms with Crippen LogP contribution in [0.1, 0.15) is 34.6 Å². The smallest absolute Gasteiger partial charge is 0.160 e. The Morgan fingerprint density at radius 3 is 2.35 bits per heavy atom. The molecular weight excluding hydrogens is 527 g/mol. The Morgan fingerprint density at radius 2 is 1.45 bits per heavy atom. The van der Waals surface area contributed by atoms with Gasteiger partial charge in [0.25, 0.3) is 0 Å². The molecule has 0 unspecified atom stereocenters. The zero-order valence-corrected chi connectivity index (χ0v) is 23.8. The van der Waals surface area contributed by atoms with Crippen molar-refractivity contribution in [3.8, 4) is 37.7 Å². The van der Waals surface area contributed by atoms with Crippen molar-refractivity contribution in [3.63, 3.8) is 0 Å². The molecule has 0 saturated heterocycles. The molecule has 0 radical (unpaired) electrons. The summed E-state index contributed by atoms with van der Waals surface area (Å²) in [4.78, 5) is 14.6. The molecule has 0 amide bonds. The number of thiophene rings is 2. The summed E-state index contributed by atoms with van der Waals surface area (Å²) in [6, 6.07) is 37.6. The maximum atomic E-state index is 11.5. The van der Waals surface area contributed by atoms with E-state index in [-0.39, 0.29) is 5.41 Å². The lowest BCUT2D eigenvalue weighted by molar-refractivity contribution is 0.112. The van der Waals surface area contributed by atoms with Gasteiger partial charge in [0.15, 0.2) is 6.29 Å². The molecule has 4 heteroatoms. The Bertz CT molecular complexity index is 2120. The standard InChI is InChI=1S/C36H25NOS2/c1-36(2)29-9-5-3-7-24(29)25-13-12-23(20-30(25)36)37-31-10-6-4-8-26(31)28-19-22(11-14-32(28)37)33-15-16-34(40-33)27-17-18-39-35(27)21-38/h3-21H,1-2H3. The first-order valence-corrected chi connectivity index (χ1v) is 15.2. The Balaban J connectivity index is 1.29. The van der Waals surface area contributed by atoms with Gasteiger partial charge in [0, 0.05) is 37.2 Å². The van der Waals surface area contributed by atoms with Crippen molar-refractivity contribution in [2.24, 2.45) is 0 Å². The summed E-state index contributed by atoms with van der Waals surface area (Å²) in [6.45, 7) is 4.67. The van der Waals surface area contributed by atoms with Crippen LogP contribution in [0.15, 0.2) is 109 Å². The molecule has 2 nitrogen and oxygen atoms in total. The normalized spacial score (nSPS) is 13.6. The average molecular weight is 552 g/mol. The van der Waals surface area contributed by atoms with Gasteiger partial charge in [-0.2, -0.15) is 0 Å². The first-order chi connectivity index (χ1) is 19.5. The van der Waals surface area contributed by atoms with E-state index >= 15 is 0 Å². The summed E-state index contributed by atoms with van der Waals surface area (Å²) in [7, 11) is 0. The number of benzene rings is 4. The lowest BCUT2D eigenvalue weighted by Gasteiger charge is -2.22. The van der Waals surface area contributed by atoms with Crippen LogP contribution in [0.25, 0.3) is 59.5 Å². The maximum Gasteiger partial charge on any atom is 0.160 e. The van der Waals surface area contributed by atoms with E-state index in [0.717, 1.165) is 21.6 Å². The molecule has 4 aromatic carbocycles. The van der Waals surface area contributed by atoms with E-state index in [9.17, 15) is 4.79 Å². The Morgan fingerprint density at radius 1 is 0.675 bits per heavy atom. The van der Waals surface area contributed by atoms with Crippen molar-refractivity contribution in [1.29, 1.82) is 0 Å². The van der Waals surface area contributed by atoms with E-state index < -0.39 is 0 Å². The van der Waals surface area contributed by atoms with Crippen LogP contribution in [0.3, 0.4) is 0 Å². The van der Waals surface area contributed by atoms with Crippen molar-refractivity contribution in [2.45, 2.75) is 19.3 Å². The second-order valence-corrected chi connectivity index (χ2v) is 13.0. The van der Waals surface area contributed by atoms with Gasteiger partial charge in [-0.1, -0.05) is 68.4 Å². The summed E-state index contributed by atoms with van der Waals surface area (Å²) in [5.41, 5.74) is 11.2. The molecule has 3 aromatic heterocycles. The molecule has 0 N–H and O–H groups in total. The van der Waals surface area contributed by atoms with Crippen LogP contribution in [0.2, 0.25) is 0 Å². The van der Waals surface area contributed by atoms with Crippen molar-refractivity contribution < 1.29 is 4.79 Å². The molecule has 0 spiro atoms. The molecule has 192 valence electrons. The van der Waals surface area contributed by atoms with Gasteiger partial charge in [0.1, 0.15) is 0 Å². The van der Waals surface area contributed by atoms with Crippen LogP contribution in [-0.4, -0.2) is 10.9 Å². The van der Waals surface area contributed by atoms with Crippen LogP contribution in [-0.2, 0) is 5.41 Å². The molecule has 0 aliphatic heterocycles. The van der Waals surface area contributed by atoms with Crippen molar-refractivity contribution in [3.05, 3.63) is 125 Å². The summed E-state index contributed by atoms with van der Waals surface area (Å²) in [5, 5.41) is 4.48. The molecule has 0 saturated carbocycles. The van der Waals surface area contributed by atoms with Gasteiger partial charge >= 0.3 is 0 Å². The summed E-state index contributed by atoms with van der Waals surface area (Å²) >= 11 is 3.23. The number of carbonyl (C=O) groups excluding carboxylic acids is 1. The third-order valence-corrected chi connectivity index (χ3v) is 10.5. The molecule has 1 aliphatic carbocycles. The number of rotatable bonds is 4. The van der Waals surface area contributed by atoms with Crippen molar-refractivity contribution >= 4 is 50.8 Å². The number of para-hydroxylation sites is 1. The predicted molar refractivity (Wildman–Crippen MR) is 170 cm³/mol. The van der Waals surface area contributed by atoms with E-state index in [1.165, 1.54) is 71.5 Å². The number of fused-ring (bicyclic) bond motifs is 6. The lowest BCUT2D eigenvalue weighted by Crippen LogP contribution is -2.15. The molecule has 40 heavy (non-hydrogen) atoms. The molecule has 7 aromatic rings. The van der Waals surface area contributed by atoms with Gasteiger partial charge in [-0.15, -0.1) is 22.7 Å². The van der Waals surface area contributed by atoms with E-state index in [0.29, 0.717) is 0 Å². The molecule has 8 rings (SSSR count). The van der Waals surface area contributed by atoms with Crippen LogP contribution < -0.4 is 0 Å². The zero-order valence-electron chi connectivity index (χ0n) is 22.1. The van der Waals surface area contributed by atoms with Gasteiger partial charge in [-0.3, -0.25) is 4.79 Å². The molecule has 0 fully saturated rings. The number of nitrogens with zero attached hydrogens (tertiary/aromatic N) is 1. The first-order valence-electron chi connectivity index (χ1n) is 13.5. The Hall–Kier alpha value is -4.25. The van der Waals surface area contributed by atoms with Gasteiger partial charge < -0.3 is 4.57 Å². The SMILES string of the molecule is CC1(C)c2ccccc2-c2ccc(-n3c4ccccc4c4cc(-c5ccc(-c6ccsc6C=O)s5)ccc43)cc21. The topological polar surface area (TPSA) is 22.0 Å². The molecule has 0 bridgehead atoms. The summed E-state index contributed by atoms with van der Waals surface area (Å²) < 4.78 is 2.41. The fraction of sp³-hybridized carbons (Fsp3) is 0.0833. The van der Waals surface area contributed by atoms with E-state index in [1.807, 2.05) is 11.4 Å². The summed E-state index contributed by atoms with van der Waals surface area (Å²) in [5.74, 6) is 0. The van der Waals surface area contributed by atoms with Crippen molar-refractivity contribution in [1.82, 2.24) is 4.57 Å². The highest BCUT2D eigenvalue weighted by molar-refractivity contribution is 7.19. The van der Waals surface area contributed by atoms with E-state index in [4.69, 9.17) is 0 Å². The summed E-state index contributed by atoms with van der Waals surface area (Å²) in [6.07, 6.45) is 0.957. The van der Waals surface area contributed by atoms with Gasteiger partial charge in [-0.25, -0.2) is 0 Å². The zero-order chi connectivity index (χ0) is 27.0. The third kappa shape index (κ3) is 3.30. The largest absolute Gasteiger partial charge is 0.309 e. The number of hydrogen-bond acceptors (Lipinski definition) is 3. The fourth-order valence-electron chi connectivity index (χ4n) is 6.49. The highest BCUT2D eigenvalue weighted by Gasteiger charge is 2.35. The Kier molecular flexibility index (Phi) is 5.09. The van der Waals surface area contributed by atoms with Gasteiger partial charge in [0.05, 0.1) is 15.9 Å². The molecule has 0 atom stereocenters. The second kappa shape index (κ2) is 8.62. The van der Waals surface area contributed by atoms with Crippen LogP contribution in [0.5, 0.6) is 0 Å². The second-order valence-electron chi connectivity index (χ2n) is 11.0. The van der Waals surface area contributed by atoms with E-state index in [1.54, 1.807) is 11.3 Å². The molecular formula is C36H25NOS2. The average Bonchev–Trinajstić information content (AvgIpc) is 3.76. The number of aldehydes is 1. The number of aromatic nitrogens is 1. The van der Waals surface area contributed by atoms with Crippen LogP contribution >= 0.6 is 22.7 Å². The minimum atomic E-state index is -0.0447. The highest BCUT2D eigenvalue weighted by Crippen LogP contribution is 2.49. The third-order valence-electron chi connectivity index (χ3n) is 8.46. The number of hydrogen-bond donors (Lipinski definition) is 0. The van der Waals surface area contributed by atoms with Crippen molar-refractivity contribution in [2.75, 3.05) is 0 Å².